The number of aryl methyl sites for hydroxylation is 1. The van der Waals surface area contributed by atoms with Crippen LogP contribution in [0, 0.1) is 13.8 Å². The van der Waals surface area contributed by atoms with Gasteiger partial charge in [0.25, 0.3) is 10.0 Å². The first-order valence-electron chi connectivity index (χ1n) is 8.61. The van der Waals surface area contributed by atoms with Crippen LogP contribution in [-0.2, 0) is 22.9 Å². The zero-order valence-electron chi connectivity index (χ0n) is 15.3. The van der Waals surface area contributed by atoms with E-state index in [1.54, 1.807) is 33.5 Å². The minimum atomic E-state index is -3.70. The van der Waals surface area contributed by atoms with E-state index in [1.165, 1.54) is 0 Å². The molecule has 0 aliphatic carbocycles. The molecule has 1 aromatic carbocycles. The van der Waals surface area contributed by atoms with E-state index >= 15 is 0 Å². The van der Waals surface area contributed by atoms with Crippen LogP contribution in [0.2, 0.25) is 0 Å². The maximum Gasteiger partial charge on any atom is 0.268 e. The minimum absolute atomic E-state index is 0.309. The molecule has 0 unspecified atom stereocenters. The van der Waals surface area contributed by atoms with E-state index < -0.39 is 10.0 Å². The summed E-state index contributed by atoms with van der Waals surface area (Å²) >= 11 is 1.56. The standard InChI is InChI=1S/C21H23NO2S2/c1-5-8-19-16(4)18(6-2)21(20-9-7-14-25-20)22(19)26(23,24)17-12-10-15(3)11-13-17/h5,7,9-14H,1,6,8H2,2-4H3. The molecule has 2 heterocycles. The number of hydrogen-bond donors (Lipinski definition) is 0. The molecule has 3 aromatic rings. The van der Waals surface area contributed by atoms with Gasteiger partial charge in [-0.2, -0.15) is 0 Å². The predicted molar refractivity (Wildman–Crippen MR) is 110 cm³/mol. The molecule has 2 aromatic heterocycles. The molecule has 26 heavy (non-hydrogen) atoms. The van der Waals surface area contributed by atoms with E-state index in [0.717, 1.165) is 39.4 Å². The van der Waals surface area contributed by atoms with Crippen molar-refractivity contribution in [1.29, 1.82) is 0 Å². The molecule has 0 N–H and O–H groups in total. The van der Waals surface area contributed by atoms with Gasteiger partial charge in [-0.25, -0.2) is 12.4 Å². The maximum atomic E-state index is 13.6. The Morgan fingerprint density at radius 2 is 1.85 bits per heavy atom. The molecule has 0 aliphatic heterocycles. The Kier molecular flexibility index (Phi) is 5.21. The predicted octanol–water partition coefficient (Wildman–Crippen LogP) is 5.36. The molecule has 3 rings (SSSR count). The molecular formula is C21H23NO2S2. The van der Waals surface area contributed by atoms with Crippen molar-refractivity contribution in [3.05, 3.63) is 76.8 Å². The molecule has 136 valence electrons. The van der Waals surface area contributed by atoms with Gasteiger partial charge in [0.1, 0.15) is 0 Å². The van der Waals surface area contributed by atoms with Gasteiger partial charge < -0.3 is 0 Å². The van der Waals surface area contributed by atoms with Crippen LogP contribution in [0.5, 0.6) is 0 Å². The fourth-order valence-electron chi connectivity index (χ4n) is 3.31. The van der Waals surface area contributed by atoms with Crippen LogP contribution in [0.4, 0.5) is 0 Å². The molecule has 0 spiro atoms. The molecule has 0 radical (unpaired) electrons. The Morgan fingerprint density at radius 3 is 2.38 bits per heavy atom. The van der Waals surface area contributed by atoms with Crippen molar-refractivity contribution in [2.24, 2.45) is 0 Å². The maximum absolute atomic E-state index is 13.6. The second-order valence-electron chi connectivity index (χ2n) is 6.31. The van der Waals surface area contributed by atoms with Crippen molar-refractivity contribution in [2.45, 2.75) is 38.5 Å². The van der Waals surface area contributed by atoms with E-state index in [4.69, 9.17) is 0 Å². The average molecular weight is 386 g/mol. The van der Waals surface area contributed by atoms with Crippen LogP contribution in [0.25, 0.3) is 10.6 Å². The van der Waals surface area contributed by atoms with Gasteiger partial charge in [0.15, 0.2) is 0 Å². The molecule has 0 fully saturated rings. The summed E-state index contributed by atoms with van der Waals surface area (Å²) in [6.45, 7) is 9.86. The van der Waals surface area contributed by atoms with Crippen molar-refractivity contribution in [2.75, 3.05) is 0 Å². The van der Waals surface area contributed by atoms with Crippen molar-refractivity contribution in [3.63, 3.8) is 0 Å². The highest BCUT2D eigenvalue weighted by Gasteiger charge is 2.29. The first-order chi connectivity index (χ1) is 12.4. The number of hydrogen-bond acceptors (Lipinski definition) is 3. The Balaban J connectivity index is 2.38. The van der Waals surface area contributed by atoms with Crippen LogP contribution in [0.1, 0.15) is 29.3 Å². The summed E-state index contributed by atoms with van der Waals surface area (Å²) in [7, 11) is -3.70. The number of thiophene rings is 1. The summed E-state index contributed by atoms with van der Waals surface area (Å²) < 4.78 is 28.7. The SMILES string of the molecule is C=CCc1c(C)c(CC)c(-c2cccs2)n1S(=O)(=O)c1ccc(C)cc1. The van der Waals surface area contributed by atoms with Gasteiger partial charge in [-0.1, -0.05) is 36.8 Å². The van der Waals surface area contributed by atoms with E-state index in [0.29, 0.717) is 11.3 Å². The third-order valence-electron chi connectivity index (χ3n) is 4.62. The highest BCUT2D eigenvalue weighted by atomic mass is 32.2. The van der Waals surface area contributed by atoms with Crippen LogP contribution in [-0.4, -0.2) is 12.4 Å². The third-order valence-corrected chi connectivity index (χ3v) is 7.25. The number of rotatable bonds is 6. The number of aromatic nitrogens is 1. The summed E-state index contributed by atoms with van der Waals surface area (Å²) in [5, 5.41) is 1.98. The largest absolute Gasteiger partial charge is 0.268 e. The van der Waals surface area contributed by atoms with Crippen LogP contribution < -0.4 is 0 Å². The molecule has 0 atom stereocenters. The van der Waals surface area contributed by atoms with Crippen LogP contribution in [0.3, 0.4) is 0 Å². The normalized spacial score (nSPS) is 11.7. The average Bonchev–Trinajstić information content (AvgIpc) is 3.22. The molecule has 5 heteroatoms. The first-order valence-corrected chi connectivity index (χ1v) is 10.9. The van der Waals surface area contributed by atoms with Gasteiger partial charge in [-0.3, -0.25) is 0 Å². The quantitative estimate of drug-likeness (QED) is 0.536. The summed E-state index contributed by atoms with van der Waals surface area (Å²) in [5.41, 5.74) is 4.73. The zero-order valence-corrected chi connectivity index (χ0v) is 17.0. The lowest BCUT2D eigenvalue weighted by molar-refractivity contribution is 0.586. The van der Waals surface area contributed by atoms with Crippen LogP contribution >= 0.6 is 11.3 Å². The monoisotopic (exact) mass is 385 g/mol. The van der Waals surface area contributed by atoms with E-state index in [2.05, 4.69) is 13.5 Å². The van der Waals surface area contributed by atoms with Crippen LogP contribution in [0.15, 0.2) is 59.3 Å². The highest BCUT2D eigenvalue weighted by molar-refractivity contribution is 7.90. The Hall–Kier alpha value is -2.11. The van der Waals surface area contributed by atoms with Crippen molar-refractivity contribution < 1.29 is 8.42 Å². The minimum Gasteiger partial charge on any atom is -0.236 e. The molecule has 0 aliphatic rings. The Morgan fingerprint density at radius 1 is 1.15 bits per heavy atom. The first kappa shape index (κ1) is 18.7. The smallest absolute Gasteiger partial charge is 0.236 e. The van der Waals surface area contributed by atoms with Gasteiger partial charge in [0, 0.05) is 12.1 Å². The number of benzene rings is 1. The molecule has 0 bridgehead atoms. The highest BCUT2D eigenvalue weighted by Crippen LogP contribution is 2.37. The Labute approximate surface area is 159 Å². The lowest BCUT2D eigenvalue weighted by atomic mass is 10.1. The summed E-state index contributed by atoms with van der Waals surface area (Å²) in [6.07, 6.45) is 3.05. The summed E-state index contributed by atoms with van der Waals surface area (Å²) in [4.78, 5) is 1.28. The second kappa shape index (κ2) is 7.25. The topological polar surface area (TPSA) is 39.1 Å². The van der Waals surface area contributed by atoms with Gasteiger partial charge in [-0.05, 0) is 55.0 Å². The van der Waals surface area contributed by atoms with E-state index in [-0.39, 0.29) is 0 Å². The van der Waals surface area contributed by atoms with Crippen molar-refractivity contribution in [1.82, 2.24) is 3.97 Å². The van der Waals surface area contributed by atoms with Gasteiger partial charge >= 0.3 is 0 Å². The zero-order chi connectivity index (χ0) is 18.9. The summed E-state index contributed by atoms with van der Waals surface area (Å²) in [6, 6.07) is 11.0. The molecule has 3 nitrogen and oxygen atoms in total. The summed E-state index contributed by atoms with van der Waals surface area (Å²) in [5.74, 6) is 0. The lowest BCUT2D eigenvalue weighted by Crippen LogP contribution is -2.17. The van der Waals surface area contributed by atoms with E-state index in [1.807, 2.05) is 43.5 Å². The molecular weight excluding hydrogens is 362 g/mol. The third kappa shape index (κ3) is 3.06. The molecule has 0 saturated heterocycles. The molecule has 0 amide bonds. The van der Waals surface area contributed by atoms with Crippen molar-refractivity contribution >= 4 is 21.4 Å². The fraction of sp³-hybridized carbons (Fsp3) is 0.238. The van der Waals surface area contributed by atoms with Crippen molar-refractivity contribution in [3.8, 4) is 10.6 Å². The van der Waals surface area contributed by atoms with E-state index in [9.17, 15) is 8.42 Å². The lowest BCUT2D eigenvalue weighted by Gasteiger charge is -2.14. The van der Waals surface area contributed by atoms with Gasteiger partial charge in [0.2, 0.25) is 0 Å². The Bertz CT molecular complexity index is 1020. The number of nitrogens with zero attached hydrogens (tertiary/aromatic N) is 1. The molecule has 0 saturated carbocycles. The fourth-order valence-corrected chi connectivity index (χ4v) is 5.80. The second-order valence-corrected chi connectivity index (χ2v) is 9.04. The van der Waals surface area contributed by atoms with Gasteiger partial charge in [-0.15, -0.1) is 17.9 Å². The number of allylic oxidation sites excluding steroid dienone is 1. The van der Waals surface area contributed by atoms with Gasteiger partial charge in [0.05, 0.1) is 15.5 Å².